The van der Waals surface area contributed by atoms with Gasteiger partial charge in [-0.15, -0.1) is 0 Å². The molecule has 1 unspecified atom stereocenters. The van der Waals surface area contributed by atoms with Crippen LogP contribution in [0, 0.1) is 11.3 Å². The Bertz CT molecular complexity index is 1730. The second-order valence-electron chi connectivity index (χ2n) is 10.1. The molecule has 0 bridgehead atoms. The Hall–Kier alpha value is -4.37. The number of hydrogen-bond acceptors (Lipinski definition) is 7. The molecule has 0 N–H and O–H groups in total. The molecule has 0 aliphatic carbocycles. The zero-order chi connectivity index (χ0) is 29.3. The van der Waals surface area contributed by atoms with Crippen LogP contribution in [0.1, 0.15) is 25.3 Å². The number of ether oxygens (including phenoxy) is 1. The molecule has 2 amide bonds. The van der Waals surface area contributed by atoms with Crippen LogP contribution in [-0.2, 0) is 24.3 Å². The zero-order valence-corrected chi connectivity index (χ0v) is 23.8. The number of imide groups is 1. The first-order valence-corrected chi connectivity index (χ1v) is 14.5. The summed E-state index contributed by atoms with van der Waals surface area (Å²) < 4.78 is 34.2. The lowest BCUT2D eigenvalue weighted by molar-refractivity contribution is -0.142. The Labute approximate surface area is 238 Å². The van der Waals surface area contributed by atoms with E-state index in [1.165, 1.54) is 26.2 Å². The number of rotatable bonds is 7. The topological polar surface area (TPSA) is 126 Å². The molecule has 1 aromatic heterocycles. The smallest absolute Gasteiger partial charge is 0.271 e. The summed E-state index contributed by atoms with van der Waals surface area (Å²) in [6.45, 7) is 2.21. The van der Waals surface area contributed by atoms with E-state index >= 15 is 0 Å². The van der Waals surface area contributed by atoms with Crippen LogP contribution >= 0.6 is 0 Å². The van der Waals surface area contributed by atoms with Gasteiger partial charge in [-0.25, -0.2) is 17.4 Å². The SMILES string of the molecule is CC1=C(C#N)C(=O)N(CC2CCCO2)C(=O)/C1=C/c1cn(-c2ccccc2)nc1-c1cccc(S(=O)(=O)N(C)C)c1. The molecular formula is C30H29N5O5S. The molecule has 3 heterocycles. The highest BCUT2D eigenvalue weighted by atomic mass is 32.2. The van der Waals surface area contributed by atoms with Crippen molar-refractivity contribution in [2.45, 2.75) is 30.8 Å². The van der Waals surface area contributed by atoms with E-state index in [9.17, 15) is 23.3 Å². The van der Waals surface area contributed by atoms with E-state index in [1.54, 1.807) is 36.0 Å². The van der Waals surface area contributed by atoms with Gasteiger partial charge in [-0.2, -0.15) is 10.4 Å². The van der Waals surface area contributed by atoms with Crippen LogP contribution in [0.25, 0.3) is 23.0 Å². The Balaban J connectivity index is 1.67. The third-order valence-corrected chi connectivity index (χ3v) is 9.00. The average Bonchev–Trinajstić information content (AvgIpc) is 3.64. The number of nitriles is 1. The third-order valence-electron chi connectivity index (χ3n) is 7.18. The van der Waals surface area contributed by atoms with Crippen LogP contribution in [0.5, 0.6) is 0 Å². The number of carbonyl (C=O) groups excluding carboxylic acids is 2. The number of aromatic nitrogens is 2. The maximum Gasteiger partial charge on any atom is 0.271 e. The first-order valence-electron chi connectivity index (χ1n) is 13.1. The molecule has 0 radical (unpaired) electrons. The highest BCUT2D eigenvalue weighted by Gasteiger charge is 2.37. The van der Waals surface area contributed by atoms with Crippen molar-refractivity contribution in [2.75, 3.05) is 27.2 Å². The van der Waals surface area contributed by atoms with Crippen LogP contribution in [-0.4, -0.2) is 72.6 Å². The monoisotopic (exact) mass is 571 g/mol. The summed E-state index contributed by atoms with van der Waals surface area (Å²) in [4.78, 5) is 28.0. The number of amides is 2. The molecule has 2 aliphatic rings. The van der Waals surface area contributed by atoms with Crippen molar-refractivity contribution < 1.29 is 22.7 Å². The lowest BCUT2D eigenvalue weighted by Gasteiger charge is -2.29. The van der Waals surface area contributed by atoms with Crippen molar-refractivity contribution in [2.24, 2.45) is 0 Å². The normalized spacial score (nSPS) is 19.0. The molecule has 0 spiro atoms. The van der Waals surface area contributed by atoms with Gasteiger partial charge in [0.25, 0.3) is 11.8 Å². The summed E-state index contributed by atoms with van der Waals surface area (Å²) in [5, 5.41) is 14.6. The quantitative estimate of drug-likeness (QED) is 0.314. The molecule has 11 heteroatoms. The Morgan fingerprint density at radius 2 is 1.88 bits per heavy atom. The van der Waals surface area contributed by atoms with E-state index in [0.717, 1.165) is 27.7 Å². The first kappa shape index (κ1) is 28.2. The van der Waals surface area contributed by atoms with Gasteiger partial charge in [0.1, 0.15) is 17.3 Å². The van der Waals surface area contributed by atoms with Gasteiger partial charge in [-0.05, 0) is 55.7 Å². The summed E-state index contributed by atoms with van der Waals surface area (Å²) in [5.74, 6) is -1.16. The molecule has 2 aliphatic heterocycles. The molecule has 210 valence electrons. The van der Waals surface area contributed by atoms with Gasteiger partial charge in [-0.3, -0.25) is 14.5 Å². The minimum atomic E-state index is -3.72. The number of nitrogens with zero attached hydrogens (tertiary/aromatic N) is 5. The van der Waals surface area contributed by atoms with Crippen LogP contribution < -0.4 is 0 Å². The number of hydrogen-bond donors (Lipinski definition) is 0. The summed E-state index contributed by atoms with van der Waals surface area (Å²) in [6.07, 6.45) is 4.63. The average molecular weight is 572 g/mol. The zero-order valence-electron chi connectivity index (χ0n) is 22.9. The lowest BCUT2D eigenvalue weighted by Crippen LogP contribution is -2.46. The minimum absolute atomic E-state index is 0.0635. The van der Waals surface area contributed by atoms with Gasteiger partial charge >= 0.3 is 0 Å². The molecule has 0 saturated carbocycles. The molecule has 2 aromatic carbocycles. The van der Waals surface area contributed by atoms with Crippen LogP contribution in [0.4, 0.5) is 0 Å². The number of para-hydroxylation sites is 1. The van der Waals surface area contributed by atoms with Crippen LogP contribution in [0.3, 0.4) is 0 Å². The van der Waals surface area contributed by atoms with Crippen LogP contribution in [0.2, 0.25) is 0 Å². The maximum atomic E-state index is 13.7. The number of carbonyl (C=O) groups is 2. The Morgan fingerprint density at radius 1 is 1.12 bits per heavy atom. The summed E-state index contributed by atoms with van der Waals surface area (Å²) in [7, 11) is -0.795. The summed E-state index contributed by atoms with van der Waals surface area (Å²) in [5.41, 5.74) is 2.57. The predicted molar refractivity (Wildman–Crippen MR) is 152 cm³/mol. The van der Waals surface area contributed by atoms with Gasteiger partial charge in [-0.1, -0.05) is 30.3 Å². The van der Waals surface area contributed by atoms with Crippen LogP contribution in [0.15, 0.2) is 82.4 Å². The highest BCUT2D eigenvalue weighted by molar-refractivity contribution is 7.89. The standard InChI is InChI=1S/C30H29N5O5S/c1-20-26(29(36)34(30(37)27(20)17-31)19-24-12-8-14-40-24)16-22-18-35(23-10-5-4-6-11-23)32-28(22)21-9-7-13-25(15-21)41(38,39)33(2)3/h4-7,9-11,13,15-16,18,24H,8,12,14,19H2,1-3H3/b26-16+. The highest BCUT2D eigenvalue weighted by Crippen LogP contribution is 2.32. The molecule has 3 aromatic rings. The van der Waals surface area contributed by atoms with Crippen molar-refractivity contribution in [3.8, 4) is 23.0 Å². The third kappa shape index (κ3) is 5.37. The van der Waals surface area contributed by atoms with Crippen molar-refractivity contribution in [1.82, 2.24) is 19.0 Å². The van der Waals surface area contributed by atoms with E-state index < -0.39 is 21.8 Å². The van der Waals surface area contributed by atoms with Gasteiger partial charge in [0, 0.05) is 43.6 Å². The summed E-state index contributed by atoms with van der Waals surface area (Å²) in [6, 6.07) is 17.7. The molecule has 5 rings (SSSR count). The minimum Gasteiger partial charge on any atom is -0.376 e. The Kier molecular flexibility index (Phi) is 7.73. The van der Waals surface area contributed by atoms with Crippen molar-refractivity contribution >= 4 is 27.9 Å². The fourth-order valence-corrected chi connectivity index (χ4v) is 5.84. The molecular weight excluding hydrogens is 542 g/mol. The summed E-state index contributed by atoms with van der Waals surface area (Å²) >= 11 is 0. The largest absolute Gasteiger partial charge is 0.376 e. The van der Waals surface area contributed by atoms with E-state index in [1.807, 2.05) is 36.4 Å². The number of sulfonamides is 1. The molecule has 10 nitrogen and oxygen atoms in total. The van der Waals surface area contributed by atoms with Gasteiger partial charge in [0.05, 0.1) is 23.2 Å². The molecule has 1 atom stereocenters. The van der Waals surface area contributed by atoms with Crippen molar-refractivity contribution in [1.29, 1.82) is 5.26 Å². The van der Waals surface area contributed by atoms with E-state index in [2.05, 4.69) is 0 Å². The first-order chi connectivity index (χ1) is 19.6. The van der Waals surface area contributed by atoms with Gasteiger partial charge in [0.15, 0.2) is 0 Å². The fraction of sp³-hybridized carbons (Fsp3) is 0.267. The fourth-order valence-electron chi connectivity index (χ4n) is 4.89. The predicted octanol–water partition coefficient (Wildman–Crippen LogP) is 3.56. The van der Waals surface area contributed by atoms with Gasteiger partial charge < -0.3 is 4.74 Å². The Morgan fingerprint density at radius 3 is 2.54 bits per heavy atom. The maximum absolute atomic E-state index is 13.7. The van der Waals surface area contributed by atoms with Crippen molar-refractivity contribution in [3.63, 3.8) is 0 Å². The van der Waals surface area contributed by atoms with Crippen molar-refractivity contribution in [3.05, 3.63) is 83.1 Å². The van der Waals surface area contributed by atoms with E-state index in [4.69, 9.17) is 9.84 Å². The second-order valence-corrected chi connectivity index (χ2v) is 12.2. The van der Waals surface area contributed by atoms with Gasteiger partial charge in [0.2, 0.25) is 10.0 Å². The molecule has 1 fully saturated rings. The second kappa shape index (κ2) is 11.2. The van der Waals surface area contributed by atoms with E-state index in [-0.39, 0.29) is 34.3 Å². The number of benzene rings is 2. The molecule has 41 heavy (non-hydrogen) atoms. The molecule has 1 saturated heterocycles. The van der Waals surface area contributed by atoms with E-state index in [0.29, 0.717) is 23.4 Å². The lowest BCUT2D eigenvalue weighted by atomic mass is 9.93.